The van der Waals surface area contributed by atoms with Gasteiger partial charge in [0.2, 0.25) is 0 Å². The van der Waals surface area contributed by atoms with Crippen molar-refractivity contribution in [2.24, 2.45) is 0 Å². The van der Waals surface area contributed by atoms with E-state index in [1.54, 1.807) is 0 Å². The molecule has 0 heterocycles. The Bertz CT molecular complexity index is 300. The third kappa shape index (κ3) is 2.90. The van der Waals surface area contributed by atoms with Gasteiger partial charge in [-0.2, -0.15) is 0 Å². The Morgan fingerprint density at radius 3 is 1.69 bits per heavy atom. The summed E-state index contributed by atoms with van der Waals surface area (Å²) in [5.41, 5.74) is 3.86. The highest BCUT2D eigenvalue weighted by Gasteiger charge is 1.92. The van der Waals surface area contributed by atoms with Crippen LogP contribution in [-0.4, -0.2) is 0 Å². The Balaban J connectivity index is 3.10. The Morgan fingerprint density at radius 1 is 0.846 bits per heavy atom. The molecule has 0 amide bonds. The van der Waals surface area contributed by atoms with E-state index in [1.807, 2.05) is 13.8 Å². The summed E-state index contributed by atoms with van der Waals surface area (Å²) in [4.78, 5) is 0. The molecule has 68 valence electrons. The SMILES string of the molecule is C/C=C/c1cc(C)cc(/C=C/C)c1. The topological polar surface area (TPSA) is 0 Å². The van der Waals surface area contributed by atoms with Crippen LogP contribution in [0.3, 0.4) is 0 Å². The molecule has 0 aromatic heterocycles. The number of benzene rings is 1. The molecule has 0 atom stereocenters. The van der Waals surface area contributed by atoms with Gasteiger partial charge >= 0.3 is 0 Å². The molecular weight excluding hydrogens is 156 g/mol. The number of rotatable bonds is 2. The first-order valence-corrected chi connectivity index (χ1v) is 4.63. The summed E-state index contributed by atoms with van der Waals surface area (Å²) in [6, 6.07) is 6.56. The fourth-order valence-electron chi connectivity index (χ4n) is 1.42. The Kier molecular flexibility index (Phi) is 3.51. The van der Waals surface area contributed by atoms with E-state index < -0.39 is 0 Å². The average Bonchev–Trinajstić information content (AvgIpc) is 2.04. The van der Waals surface area contributed by atoms with Crippen molar-refractivity contribution in [3.63, 3.8) is 0 Å². The number of hydrogen-bond donors (Lipinski definition) is 0. The predicted molar refractivity (Wildman–Crippen MR) is 60.6 cm³/mol. The van der Waals surface area contributed by atoms with Crippen molar-refractivity contribution < 1.29 is 0 Å². The summed E-state index contributed by atoms with van der Waals surface area (Å²) in [7, 11) is 0. The Labute approximate surface area is 80.6 Å². The fourth-order valence-corrected chi connectivity index (χ4v) is 1.42. The lowest BCUT2D eigenvalue weighted by molar-refractivity contribution is 1.44. The highest BCUT2D eigenvalue weighted by molar-refractivity contribution is 5.58. The zero-order valence-corrected chi connectivity index (χ0v) is 8.54. The van der Waals surface area contributed by atoms with Crippen LogP contribution in [0.1, 0.15) is 30.5 Å². The van der Waals surface area contributed by atoms with Gasteiger partial charge in [0.1, 0.15) is 0 Å². The molecule has 0 fully saturated rings. The Hall–Kier alpha value is -1.30. The van der Waals surface area contributed by atoms with Gasteiger partial charge in [-0.1, -0.05) is 36.4 Å². The summed E-state index contributed by atoms with van der Waals surface area (Å²) in [5, 5.41) is 0. The molecule has 0 bridgehead atoms. The van der Waals surface area contributed by atoms with Crippen LogP contribution in [0.4, 0.5) is 0 Å². The van der Waals surface area contributed by atoms with Crippen LogP contribution >= 0.6 is 0 Å². The van der Waals surface area contributed by atoms with Gasteiger partial charge in [0.05, 0.1) is 0 Å². The van der Waals surface area contributed by atoms with Gasteiger partial charge in [0.15, 0.2) is 0 Å². The summed E-state index contributed by atoms with van der Waals surface area (Å²) < 4.78 is 0. The third-order valence-electron chi connectivity index (χ3n) is 1.84. The molecule has 1 aromatic carbocycles. The van der Waals surface area contributed by atoms with E-state index in [4.69, 9.17) is 0 Å². The molecule has 0 saturated heterocycles. The fraction of sp³-hybridized carbons (Fsp3) is 0.231. The van der Waals surface area contributed by atoms with Gasteiger partial charge in [0.25, 0.3) is 0 Å². The molecular formula is C13H16. The minimum Gasteiger partial charge on any atom is -0.0871 e. The predicted octanol–water partition coefficient (Wildman–Crippen LogP) is 4.06. The van der Waals surface area contributed by atoms with Crippen LogP contribution in [0.5, 0.6) is 0 Å². The van der Waals surface area contributed by atoms with Gasteiger partial charge in [-0.15, -0.1) is 0 Å². The Morgan fingerprint density at radius 2 is 1.31 bits per heavy atom. The maximum Gasteiger partial charge on any atom is -0.0251 e. The van der Waals surface area contributed by atoms with Crippen LogP contribution in [-0.2, 0) is 0 Å². The minimum atomic E-state index is 1.27. The molecule has 0 nitrogen and oxygen atoms in total. The molecule has 0 aliphatic carbocycles. The van der Waals surface area contributed by atoms with E-state index in [9.17, 15) is 0 Å². The van der Waals surface area contributed by atoms with Crippen molar-refractivity contribution >= 4 is 12.2 Å². The number of aryl methyl sites for hydroxylation is 1. The normalized spacial score (nSPS) is 11.6. The quantitative estimate of drug-likeness (QED) is 0.631. The van der Waals surface area contributed by atoms with Crippen molar-refractivity contribution in [3.05, 3.63) is 47.0 Å². The summed E-state index contributed by atoms with van der Waals surface area (Å²) in [6.07, 6.45) is 8.38. The number of hydrogen-bond acceptors (Lipinski definition) is 0. The van der Waals surface area contributed by atoms with Crippen molar-refractivity contribution in [3.8, 4) is 0 Å². The maximum atomic E-state index is 2.19. The van der Waals surface area contributed by atoms with Crippen molar-refractivity contribution in [1.29, 1.82) is 0 Å². The largest absolute Gasteiger partial charge is 0.0871 e. The summed E-state index contributed by atoms with van der Waals surface area (Å²) in [5.74, 6) is 0. The zero-order valence-electron chi connectivity index (χ0n) is 8.54. The second kappa shape index (κ2) is 4.66. The standard InChI is InChI=1S/C13H16/c1-4-6-12-8-11(3)9-13(10-12)7-5-2/h4-10H,1-3H3/b6-4+,7-5+. The van der Waals surface area contributed by atoms with Gasteiger partial charge in [-0.25, -0.2) is 0 Å². The van der Waals surface area contributed by atoms with Crippen LogP contribution in [0.25, 0.3) is 12.2 Å². The molecule has 0 spiro atoms. The van der Waals surface area contributed by atoms with Gasteiger partial charge in [-0.05, 0) is 43.5 Å². The number of allylic oxidation sites excluding steroid dienone is 2. The smallest absolute Gasteiger partial charge is 0.0251 e. The van der Waals surface area contributed by atoms with Crippen molar-refractivity contribution in [1.82, 2.24) is 0 Å². The maximum absolute atomic E-state index is 2.19. The van der Waals surface area contributed by atoms with Crippen LogP contribution < -0.4 is 0 Å². The molecule has 0 saturated carbocycles. The van der Waals surface area contributed by atoms with E-state index in [0.717, 1.165) is 0 Å². The lowest BCUT2D eigenvalue weighted by atomic mass is 10.1. The zero-order chi connectivity index (χ0) is 9.68. The molecule has 0 heteroatoms. The van der Waals surface area contributed by atoms with Gasteiger partial charge in [0, 0.05) is 0 Å². The second-order valence-electron chi connectivity index (χ2n) is 3.18. The van der Waals surface area contributed by atoms with Crippen molar-refractivity contribution in [2.45, 2.75) is 20.8 Å². The summed E-state index contributed by atoms with van der Waals surface area (Å²) >= 11 is 0. The van der Waals surface area contributed by atoms with Crippen molar-refractivity contribution in [2.75, 3.05) is 0 Å². The summed E-state index contributed by atoms with van der Waals surface area (Å²) in [6.45, 7) is 6.20. The minimum absolute atomic E-state index is 1.27. The van der Waals surface area contributed by atoms with Crippen LogP contribution in [0.15, 0.2) is 30.4 Å². The van der Waals surface area contributed by atoms with E-state index in [1.165, 1.54) is 16.7 Å². The molecule has 0 aliphatic heterocycles. The molecule has 13 heavy (non-hydrogen) atoms. The first-order chi connectivity index (χ1) is 6.26. The highest BCUT2D eigenvalue weighted by Crippen LogP contribution is 2.12. The van der Waals surface area contributed by atoms with E-state index in [0.29, 0.717) is 0 Å². The molecule has 0 N–H and O–H groups in total. The molecule has 0 radical (unpaired) electrons. The molecule has 0 unspecified atom stereocenters. The lowest BCUT2D eigenvalue weighted by Crippen LogP contribution is -1.79. The first kappa shape index (κ1) is 9.79. The molecule has 0 aliphatic rings. The van der Waals surface area contributed by atoms with E-state index in [-0.39, 0.29) is 0 Å². The monoisotopic (exact) mass is 172 g/mol. The van der Waals surface area contributed by atoms with Crippen LogP contribution in [0, 0.1) is 6.92 Å². The van der Waals surface area contributed by atoms with E-state index in [2.05, 4.69) is 49.4 Å². The van der Waals surface area contributed by atoms with Gasteiger partial charge < -0.3 is 0 Å². The van der Waals surface area contributed by atoms with E-state index >= 15 is 0 Å². The lowest BCUT2D eigenvalue weighted by Gasteiger charge is -2.00. The second-order valence-corrected chi connectivity index (χ2v) is 3.18. The van der Waals surface area contributed by atoms with Gasteiger partial charge in [-0.3, -0.25) is 0 Å². The van der Waals surface area contributed by atoms with Crippen LogP contribution in [0.2, 0.25) is 0 Å². The third-order valence-corrected chi connectivity index (χ3v) is 1.84. The highest BCUT2D eigenvalue weighted by atomic mass is 14.0. The molecule has 1 aromatic rings. The first-order valence-electron chi connectivity index (χ1n) is 4.63. The molecule has 1 rings (SSSR count). The average molecular weight is 172 g/mol.